The van der Waals surface area contributed by atoms with Gasteiger partial charge in [-0.15, -0.1) is 0 Å². The molecule has 0 unspecified atom stereocenters. The van der Waals surface area contributed by atoms with E-state index in [9.17, 15) is 23.5 Å². The Kier molecular flexibility index (Phi) is 7.61. The molecule has 2 amide bonds. The first-order chi connectivity index (χ1) is 15.2. The number of carbonyl (C=O) groups is 2. The van der Waals surface area contributed by atoms with E-state index in [1.807, 2.05) is 30.3 Å². The molecule has 0 aromatic heterocycles. The molecule has 172 valence electrons. The van der Waals surface area contributed by atoms with Gasteiger partial charge in [-0.1, -0.05) is 36.4 Å². The molecule has 5 nitrogen and oxygen atoms in total. The molecular weight excluding hydrogens is 414 g/mol. The largest absolute Gasteiger partial charge is 0.391 e. The van der Waals surface area contributed by atoms with E-state index in [1.165, 1.54) is 17.9 Å². The quantitative estimate of drug-likeness (QED) is 0.672. The van der Waals surface area contributed by atoms with Crippen LogP contribution in [0.3, 0.4) is 0 Å². The molecule has 0 spiro atoms. The van der Waals surface area contributed by atoms with Crippen LogP contribution in [0.15, 0.2) is 48.5 Å². The molecule has 1 aliphatic rings. The molecule has 0 aliphatic heterocycles. The highest BCUT2D eigenvalue weighted by Gasteiger charge is 2.39. The van der Waals surface area contributed by atoms with Gasteiger partial charge >= 0.3 is 0 Å². The smallest absolute Gasteiger partial charge is 0.227 e. The lowest BCUT2D eigenvalue weighted by Gasteiger charge is -2.34. The molecule has 2 aromatic rings. The predicted molar refractivity (Wildman–Crippen MR) is 118 cm³/mol. The molecule has 1 fully saturated rings. The molecule has 0 radical (unpaired) electrons. The van der Waals surface area contributed by atoms with Crippen molar-refractivity contribution in [3.05, 3.63) is 71.3 Å². The third kappa shape index (κ3) is 5.51. The van der Waals surface area contributed by atoms with Gasteiger partial charge in [0, 0.05) is 25.9 Å². The first kappa shape index (κ1) is 23.9. The third-order valence-corrected chi connectivity index (χ3v) is 6.57. The molecule has 2 aromatic carbocycles. The highest BCUT2D eigenvalue weighted by atomic mass is 19.2. The average Bonchev–Trinajstić information content (AvgIpc) is 2.94. The van der Waals surface area contributed by atoms with Crippen molar-refractivity contribution in [1.82, 2.24) is 10.2 Å². The molecule has 0 bridgehead atoms. The van der Waals surface area contributed by atoms with Gasteiger partial charge in [-0.3, -0.25) is 9.59 Å². The van der Waals surface area contributed by atoms with Gasteiger partial charge in [0.05, 0.1) is 18.6 Å². The molecular formula is C25H30F2N2O3. The summed E-state index contributed by atoms with van der Waals surface area (Å²) in [5, 5.41) is 13.8. The van der Waals surface area contributed by atoms with Crippen molar-refractivity contribution in [2.75, 3.05) is 13.6 Å². The van der Waals surface area contributed by atoms with Crippen LogP contribution >= 0.6 is 0 Å². The summed E-state index contributed by atoms with van der Waals surface area (Å²) >= 11 is 0. The molecule has 2 N–H and O–H groups in total. The minimum atomic E-state index is -0.988. The topological polar surface area (TPSA) is 69.6 Å². The van der Waals surface area contributed by atoms with Gasteiger partial charge in [0.2, 0.25) is 11.8 Å². The summed E-state index contributed by atoms with van der Waals surface area (Å²) in [4.78, 5) is 26.0. The number of carbonyl (C=O) groups excluding carboxylic acids is 2. The number of rotatable bonds is 6. The Morgan fingerprint density at radius 1 is 1.09 bits per heavy atom. The number of aliphatic hydroxyl groups is 1. The molecule has 3 rings (SSSR count). The first-order valence-corrected chi connectivity index (χ1v) is 10.9. The molecule has 3 atom stereocenters. The molecule has 1 aliphatic carbocycles. The van der Waals surface area contributed by atoms with Gasteiger partial charge in [0.25, 0.3) is 0 Å². The van der Waals surface area contributed by atoms with Gasteiger partial charge in [-0.25, -0.2) is 8.78 Å². The SMILES string of the molecule is CC(=O)NC[C@]1(c2ccccc2)CC[C@@H](O)[C@H](N(C)C(=O)Cc2ccc(F)c(F)c2)CC1. The summed E-state index contributed by atoms with van der Waals surface area (Å²) in [5.74, 6) is -2.32. The van der Waals surface area contributed by atoms with Crippen LogP contribution in [-0.2, 0) is 21.4 Å². The standard InChI is InChI=1S/C25H30F2N2O3/c1-17(30)28-16-25(19-6-4-3-5-7-19)12-10-22(23(31)11-13-25)29(2)24(32)15-18-8-9-20(26)21(27)14-18/h3-9,14,22-23,31H,10-13,15-16H2,1-2H3,(H,28,30)/t22-,23-,25-/m1/s1. The third-order valence-electron chi connectivity index (χ3n) is 6.57. The number of benzene rings is 2. The van der Waals surface area contributed by atoms with Crippen LogP contribution < -0.4 is 5.32 Å². The van der Waals surface area contributed by atoms with Crippen molar-refractivity contribution in [2.45, 2.75) is 56.6 Å². The number of hydrogen-bond acceptors (Lipinski definition) is 3. The zero-order chi connectivity index (χ0) is 23.3. The van der Waals surface area contributed by atoms with Gasteiger partial charge < -0.3 is 15.3 Å². The van der Waals surface area contributed by atoms with Gasteiger partial charge in [0.1, 0.15) is 0 Å². The average molecular weight is 445 g/mol. The summed E-state index contributed by atoms with van der Waals surface area (Å²) in [6.07, 6.45) is 1.57. The Labute approximate surface area is 187 Å². The monoisotopic (exact) mass is 444 g/mol. The second-order valence-corrected chi connectivity index (χ2v) is 8.70. The van der Waals surface area contributed by atoms with E-state index in [4.69, 9.17) is 0 Å². The maximum absolute atomic E-state index is 13.5. The fraction of sp³-hybridized carbons (Fsp3) is 0.440. The van der Waals surface area contributed by atoms with E-state index in [0.717, 1.165) is 17.7 Å². The number of hydrogen-bond donors (Lipinski definition) is 2. The summed E-state index contributed by atoms with van der Waals surface area (Å²) in [5.41, 5.74) is 1.14. The number of halogens is 2. The van der Waals surface area contributed by atoms with E-state index in [-0.39, 0.29) is 23.7 Å². The van der Waals surface area contributed by atoms with Crippen molar-refractivity contribution in [3.8, 4) is 0 Å². The Morgan fingerprint density at radius 3 is 2.44 bits per heavy atom. The Morgan fingerprint density at radius 2 is 1.78 bits per heavy atom. The van der Waals surface area contributed by atoms with E-state index in [1.54, 1.807) is 7.05 Å². The van der Waals surface area contributed by atoms with Gasteiger partial charge in [-0.2, -0.15) is 0 Å². The fourth-order valence-corrected chi connectivity index (χ4v) is 4.60. The fourth-order valence-electron chi connectivity index (χ4n) is 4.60. The van der Waals surface area contributed by atoms with Crippen LogP contribution in [0, 0.1) is 11.6 Å². The number of aliphatic hydroxyl groups excluding tert-OH is 1. The van der Waals surface area contributed by atoms with Crippen molar-refractivity contribution in [3.63, 3.8) is 0 Å². The number of amides is 2. The lowest BCUT2D eigenvalue weighted by molar-refractivity contribution is -0.133. The van der Waals surface area contributed by atoms with Crippen LogP contribution in [0.4, 0.5) is 8.78 Å². The van der Waals surface area contributed by atoms with Crippen molar-refractivity contribution < 1.29 is 23.5 Å². The minimum absolute atomic E-state index is 0.0767. The van der Waals surface area contributed by atoms with E-state index >= 15 is 0 Å². The maximum Gasteiger partial charge on any atom is 0.227 e. The summed E-state index contributed by atoms with van der Waals surface area (Å²) in [6.45, 7) is 1.94. The Hall–Kier alpha value is -2.80. The van der Waals surface area contributed by atoms with E-state index < -0.39 is 23.8 Å². The zero-order valence-corrected chi connectivity index (χ0v) is 18.5. The highest BCUT2D eigenvalue weighted by molar-refractivity contribution is 5.79. The van der Waals surface area contributed by atoms with Crippen LogP contribution in [0.5, 0.6) is 0 Å². The van der Waals surface area contributed by atoms with Gasteiger partial charge in [0.15, 0.2) is 11.6 Å². The first-order valence-electron chi connectivity index (χ1n) is 10.9. The van der Waals surface area contributed by atoms with Gasteiger partial charge in [-0.05, 0) is 48.9 Å². The minimum Gasteiger partial charge on any atom is -0.391 e. The number of nitrogens with zero attached hydrogens (tertiary/aromatic N) is 1. The highest BCUT2D eigenvalue weighted by Crippen LogP contribution is 2.39. The number of nitrogens with one attached hydrogen (secondary N) is 1. The lowest BCUT2D eigenvalue weighted by atomic mass is 9.74. The maximum atomic E-state index is 13.5. The van der Waals surface area contributed by atoms with Crippen LogP contribution in [-0.4, -0.2) is 47.6 Å². The number of likely N-dealkylation sites (N-methyl/N-ethyl adjacent to an activating group) is 1. The Bertz CT molecular complexity index is 953. The normalized spacial score (nSPS) is 23.3. The van der Waals surface area contributed by atoms with Crippen LogP contribution in [0.1, 0.15) is 43.7 Å². The molecule has 0 saturated heterocycles. The molecule has 7 heteroatoms. The summed E-state index contributed by atoms with van der Waals surface area (Å²) in [6, 6.07) is 12.9. The molecule has 32 heavy (non-hydrogen) atoms. The second-order valence-electron chi connectivity index (χ2n) is 8.70. The molecule has 1 saturated carbocycles. The van der Waals surface area contributed by atoms with Crippen molar-refractivity contribution >= 4 is 11.8 Å². The zero-order valence-electron chi connectivity index (χ0n) is 18.5. The van der Waals surface area contributed by atoms with E-state index in [0.29, 0.717) is 37.8 Å². The van der Waals surface area contributed by atoms with Crippen LogP contribution in [0.25, 0.3) is 0 Å². The molecule has 0 heterocycles. The predicted octanol–water partition coefficient (Wildman–Crippen LogP) is 3.34. The Balaban J connectivity index is 1.76. The van der Waals surface area contributed by atoms with E-state index in [2.05, 4.69) is 5.32 Å². The van der Waals surface area contributed by atoms with Crippen LogP contribution in [0.2, 0.25) is 0 Å². The van der Waals surface area contributed by atoms with Crippen molar-refractivity contribution in [1.29, 1.82) is 0 Å². The lowest BCUT2D eigenvalue weighted by Crippen LogP contribution is -2.45. The summed E-state index contributed by atoms with van der Waals surface area (Å²) < 4.78 is 26.7. The summed E-state index contributed by atoms with van der Waals surface area (Å²) in [7, 11) is 1.64. The second kappa shape index (κ2) is 10.2. The van der Waals surface area contributed by atoms with Crippen molar-refractivity contribution in [2.24, 2.45) is 0 Å².